The Morgan fingerprint density at radius 2 is 1.08 bits per heavy atom. The number of likely N-dealkylation sites (N-methyl/N-ethyl adjacent to an activating group) is 3. The highest BCUT2D eigenvalue weighted by atomic mass is 32.2. The van der Waals surface area contributed by atoms with Crippen molar-refractivity contribution in [3.63, 3.8) is 0 Å². The van der Waals surface area contributed by atoms with Crippen molar-refractivity contribution in [1.82, 2.24) is 103 Å². The number of H-pyrrole nitrogens is 3. The number of hydrogen-bond acceptors (Lipinski definition) is 24. The fourth-order valence-corrected chi connectivity index (χ4v) is 17.4. The number of phenols is 1. The molecule has 0 aliphatic carbocycles. The van der Waals surface area contributed by atoms with Gasteiger partial charge in [0.1, 0.15) is 90.3 Å². The minimum Gasteiger partial charge on any atom is -0.508 e. The first-order valence-electron chi connectivity index (χ1n) is 44.9. The topological polar surface area (TPSA) is 688 Å². The largest absolute Gasteiger partial charge is 0.508 e. The van der Waals surface area contributed by atoms with E-state index in [1.54, 1.807) is 60.9 Å². The second-order valence-electron chi connectivity index (χ2n) is 33.9. The van der Waals surface area contributed by atoms with Crippen molar-refractivity contribution < 1.29 is 96.8 Å². The van der Waals surface area contributed by atoms with Crippen LogP contribution in [0.1, 0.15) is 127 Å². The number of phenolic OH excluding ortho intramolecular Hbond substituents is 1. The van der Waals surface area contributed by atoms with Gasteiger partial charge in [-0.1, -0.05) is 88.1 Å². The maximum Gasteiger partial charge on any atom is 0.246 e. The Labute approximate surface area is 782 Å². The van der Waals surface area contributed by atoms with Crippen LogP contribution in [0.4, 0.5) is 0 Å². The molecule has 17 amide bonds. The number of aromatic hydroxyl groups is 1. The van der Waals surface area contributed by atoms with Crippen molar-refractivity contribution in [2.75, 3.05) is 72.0 Å². The quantitative estimate of drug-likeness (QED) is 0.0138. The second-order valence-corrected chi connectivity index (χ2v) is 35.0. The summed E-state index contributed by atoms with van der Waals surface area (Å²) in [6, 6.07) is -2.61. The maximum atomic E-state index is 15.7. The van der Waals surface area contributed by atoms with Gasteiger partial charge in [0.25, 0.3) is 0 Å². The smallest absolute Gasteiger partial charge is 0.246 e. The molecular weight excluding hydrogens is 1770 g/mol. The Morgan fingerprint density at radius 1 is 0.541 bits per heavy atom. The van der Waals surface area contributed by atoms with E-state index in [1.807, 2.05) is 13.8 Å². The van der Waals surface area contributed by atoms with Gasteiger partial charge in [0.05, 0.1) is 37.8 Å². The number of aliphatic hydroxyl groups is 2. The van der Waals surface area contributed by atoms with Gasteiger partial charge in [-0.05, 0) is 99.4 Å². The standard InChI is InChI=1S/C89H125N25O20S/c1-7-9-22-68-81(127)102-59(21-15-31-96-89(93)94)77(123)109-67(76(122)99-42-73(92)119)45-135-46-74(120)101-63(33-49-25-27-53(116)28-26-49)84(130)110(4)48(3)75(121)106-65(38-72(91)118)87(133)113-32-16-24-69(113)82(128)105-62(36-52-41-95-47-100-52)79(125)103-60(29-30-90)86(132)114-43-54(117)37-71(114)83(129)104-61(34-50-39-97-57-19-13-11-17-55(50)57)78(124)108-66(44-115)80(126)107-64(35-51-40-98-58-20-14-12-18-56(51)58)85(131)112(6)70(23-10-8-2)88(134)111(68)5/h11-14,17-20,25-28,39-41,47-48,54,59-71,97-98,115-117H,7-10,15-16,21-24,29-38,42-46,90H2,1-6H3,(H2,91,118)(H2,92,119)(H,95,100)(H,99,122)(H,101,120)(H,102,127)(H,103,125)(H,104,129)(H,105,128)(H,106,121)(H,107,126)(H,108,124)(H,109,123)(H4,93,94,96)/t48-,54+,59-,60-,61-,62-,63-,64-,65-,66-,67-,68-,69-,70-,71-/m0/s1. The van der Waals surface area contributed by atoms with E-state index < -0.39 is 241 Å². The molecule has 26 N–H and O–H groups in total. The Hall–Kier alpha value is -13.8. The number of nitrogens with two attached hydrogens (primary N) is 4. The molecule has 135 heavy (non-hydrogen) atoms. The molecule has 3 aromatic carbocycles. The zero-order valence-corrected chi connectivity index (χ0v) is 77.1. The van der Waals surface area contributed by atoms with Crippen molar-refractivity contribution in [1.29, 1.82) is 5.41 Å². The minimum atomic E-state index is -1.90. The second kappa shape index (κ2) is 50.4. The number of para-hydroxylation sites is 2. The molecule has 45 nitrogen and oxygen atoms in total. The van der Waals surface area contributed by atoms with Crippen LogP contribution < -0.4 is 81.4 Å². The third-order valence-electron chi connectivity index (χ3n) is 24.1. The number of imidazole rings is 1. The first-order chi connectivity index (χ1) is 64.4. The highest BCUT2D eigenvalue weighted by Crippen LogP contribution is 2.28. The summed E-state index contributed by atoms with van der Waals surface area (Å²) in [5, 5.41) is 70.7. The van der Waals surface area contributed by atoms with Crippen molar-refractivity contribution in [3.8, 4) is 5.75 Å². The lowest BCUT2D eigenvalue weighted by molar-refractivity contribution is -0.149. The minimum absolute atomic E-state index is 0.0174. The highest BCUT2D eigenvalue weighted by Gasteiger charge is 2.47. The molecule has 0 spiro atoms. The van der Waals surface area contributed by atoms with Gasteiger partial charge in [-0.15, -0.1) is 11.8 Å². The lowest BCUT2D eigenvalue weighted by Gasteiger charge is -2.36. The van der Waals surface area contributed by atoms with E-state index in [0.29, 0.717) is 69.9 Å². The van der Waals surface area contributed by atoms with Crippen LogP contribution in [-0.4, -0.2) is 329 Å². The summed E-state index contributed by atoms with van der Waals surface area (Å²) >= 11 is 0.756. The molecule has 0 unspecified atom stereocenters. The predicted octanol–water partition coefficient (Wildman–Crippen LogP) is -4.63. The highest BCUT2D eigenvalue weighted by molar-refractivity contribution is 8.00. The summed E-state index contributed by atoms with van der Waals surface area (Å²) < 4.78 is 0. The van der Waals surface area contributed by atoms with Crippen molar-refractivity contribution in [3.05, 3.63) is 120 Å². The number of aromatic amines is 3. The molecule has 3 saturated heterocycles. The molecule has 6 aromatic rings. The number of fused-ring (bicyclic) bond motifs is 4. The first kappa shape index (κ1) is 105. The number of hydrogen-bond donors (Lipinski definition) is 22. The number of rotatable bonds is 26. The molecule has 0 saturated carbocycles. The zero-order valence-electron chi connectivity index (χ0n) is 76.3. The molecule has 46 heteroatoms. The summed E-state index contributed by atoms with van der Waals surface area (Å²) in [5.41, 5.74) is 25.8. The van der Waals surface area contributed by atoms with Crippen LogP contribution in [0.5, 0.6) is 5.75 Å². The number of primary amides is 2. The number of nitrogens with one attached hydrogen (secondary N) is 15. The molecule has 3 aromatic heterocycles. The zero-order chi connectivity index (χ0) is 98.4. The summed E-state index contributed by atoms with van der Waals surface area (Å²) in [6.45, 7) is 2.16. The first-order valence-corrected chi connectivity index (χ1v) is 46.1. The van der Waals surface area contributed by atoms with E-state index in [1.165, 1.54) is 64.9 Å². The Kier molecular flexibility index (Phi) is 39.2. The molecule has 6 heterocycles. The molecular formula is C89H125N25O20S. The number of unbranched alkanes of at least 4 members (excludes halogenated alkanes) is 2. The fourth-order valence-electron chi connectivity index (χ4n) is 16.5. The molecule has 0 bridgehead atoms. The number of guanidine groups is 1. The van der Waals surface area contributed by atoms with Gasteiger partial charge in [-0.25, -0.2) is 4.98 Å². The van der Waals surface area contributed by atoms with Gasteiger partial charge < -0.3 is 136 Å². The van der Waals surface area contributed by atoms with Crippen LogP contribution in [0.2, 0.25) is 0 Å². The summed E-state index contributed by atoms with van der Waals surface area (Å²) in [5.74, 6) is -18.0. The number of benzene rings is 3. The van der Waals surface area contributed by atoms with E-state index in [9.17, 15) is 63.3 Å². The number of amides is 17. The van der Waals surface area contributed by atoms with E-state index in [4.69, 9.17) is 28.3 Å². The lowest BCUT2D eigenvalue weighted by Crippen LogP contribution is -2.62. The normalized spacial score (nSPS) is 24.7. The number of aromatic nitrogens is 4. The SMILES string of the molecule is CCCC[C@H]1C(=O)N(C)[C@@H](CCCC)C(=O)N[C@@H](CCCNC(=N)N)C(=O)N[C@H](C(=O)NCC(N)=O)CSCC(=O)N[C@@H](Cc2ccc(O)cc2)C(=O)N(C)[C@@H](C)C(=O)N[C@@H](CC(N)=O)C(=O)N2CCC[C@H]2C(=O)N[C@@H](Cc2cnc[nH]2)C(=O)N[C@@H](CCN)C(=O)N2C[C@H](O)C[C@H]2C(=O)N[C@@H](Cc2c[nH]c3ccccc23)C(=O)N[C@@H](CO)C(=O)N[C@@H](Cc2c[nH]c3ccccc23)C(=O)N1C. The third-order valence-corrected chi connectivity index (χ3v) is 25.1. The van der Waals surface area contributed by atoms with E-state index in [2.05, 4.69) is 78.4 Å². The number of aliphatic hydroxyl groups excluding tert-OH is 2. The average Bonchev–Trinajstić information content (AvgIpc) is 1.69. The molecule has 3 aliphatic heterocycles. The number of carbonyl (C=O) groups is 17. The van der Waals surface area contributed by atoms with Gasteiger partial charge in [-0.2, -0.15) is 0 Å². The fraction of sp³-hybridized carbons (Fsp3) is 0.517. The van der Waals surface area contributed by atoms with E-state index >= 15 is 33.6 Å². The summed E-state index contributed by atoms with van der Waals surface area (Å²) in [6.07, 6.45) is 3.20. The maximum absolute atomic E-state index is 15.7. The van der Waals surface area contributed by atoms with Gasteiger partial charge >= 0.3 is 0 Å². The third kappa shape index (κ3) is 29.1. The van der Waals surface area contributed by atoms with Crippen LogP contribution in [0.25, 0.3) is 21.8 Å². The van der Waals surface area contributed by atoms with Crippen LogP contribution in [-0.2, 0) is 107 Å². The molecule has 732 valence electrons. The van der Waals surface area contributed by atoms with Gasteiger partial charge in [0.15, 0.2) is 5.96 Å². The Morgan fingerprint density at radius 3 is 1.68 bits per heavy atom. The monoisotopic (exact) mass is 1900 g/mol. The molecule has 3 aliphatic rings. The summed E-state index contributed by atoms with van der Waals surface area (Å²) in [7, 11) is 3.88. The van der Waals surface area contributed by atoms with Crippen LogP contribution >= 0.6 is 11.8 Å². The summed E-state index contributed by atoms with van der Waals surface area (Å²) in [4.78, 5) is 268. The Balaban J connectivity index is 1.10. The van der Waals surface area contributed by atoms with Crippen molar-refractivity contribution in [2.45, 2.75) is 221 Å². The number of carbonyl (C=O) groups excluding carboxylic acids is 17. The molecule has 3 fully saturated rings. The van der Waals surface area contributed by atoms with Crippen LogP contribution in [0.15, 0.2) is 97.7 Å². The van der Waals surface area contributed by atoms with Crippen LogP contribution in [0.3, 0.4) is 0 Å². The van der Waals surface area contributed by atoms with E-state index in [0.717, 1.165) is 36.3 Å². The van der Waals surface area contributed by atoms with Gasteiger partial charge in [0, 0.05) is 125 Å². The Bertz CT molecular complexity index is 5210. The predicted molar refractivity (Wildman–Crippen MR) is 494 cm³/mol. The van der Waals surface area contributed by atoms with Crippen molar-refractivity contribution >= 4 is 140 Å². The average molecular weight is 1900 g/mol. The molecule has 9 rings (SSSR count). The van der Waals surface area contributed by atoms with Gasteiger partial charge in [-0.3, -0.25) is 86.9 Å². The van der Waals surface area contributed by atoms with Crippen LogP contribution in [0, 0.1) is 5.41 Å². The molecule has 0 radical (unpaired) electrons. The number of nitrogens with zero attached hydrogens (tertiary/aromatic N) is 6. The number of thioether (sulfide) groups is 1. The van der Waals surface area contributed by atoms with E-state index in [-0.39, 0.29) is 96.0 Å². The van der Waals surface area contributed by atoms with Gasteiger partial charge in [0.2, 0.25) is 100 Å². The molecule has 15 atom stereocenters. The lowest BCUT2D eigenvalue weighted by atomic mass is 10.00. The van der Waals surface area contributed by atoms with Crippen molar-refractivity contribution in [2.24, 2.45) is 22.9 Å².